The first kappa shape index (κ1) is 19.9. The lowest BCUT2D eigenvalue weighted by molar-refractivity contribution is -0.141. The van der Waals surface area contributed by atoms with Crippen molar-refractivity contribution in [3.8, 4) is 0 Å². The summed E-state index contributed by atoms with van der Waals surface area (Å²) in [6.07, 6.45) is 3.23. The molecule has 0 saturated carbocycles. The molecule has 8 nitrogen and oxygen atoms in total. The van der Waals surface area contributed by atoms with Crippen molar-refractivity contribution in [2.45, 2.75) is 64.5 Å². The number of rotatable bonds is 11. The Hall–Kier alpha value is -2.12. The van der Waals surface area contributed by atoms with Crippen LogP contribution in [0.4, 0.5) is 0 Å². The number of nitrogens with one attached hydrogen (secondary N) is 2. The Kier molecular flexibility index (Phi) is 9.56. The van der Waals surface area contributed by atoms with Gasteiger partial charge < -0.3 is 20.8 Å². The van der Waals surface area contributed by atoms with Crippen LogP contribution in [0, 0.1) is 0 Å². The molecular weight excluding hydrogens is 292 g/mol. The van der Waals surface area contributed by atoms with E-state index in [9.17, 15) is 19.2 Å². The number of carbonyl (C=O) groups is 4. The molecule has 0 saturated heterocycles. The van der Waals surface area contributed by atoms with Gasteiger partial charge in [-0.1, -0.05) is 12.8 Å². The molecule has 0 bridgehead atoms. The molecule has 4 N–H and O–H groups in total. The fourth-order valence-electron chi connectivity index (χ4n) is 1.68. The number of amides is 2. The topological polar surface area (TPSA) is 133 Å². The maximum absolute atomic E-state index is 11.4. The lowest BCUT2D eigenvalue weighted by Gasteiger charge is -2.09. The first-order valence-electron chi connectivity index (χ1n) is 7.28. The summed E-state index contributed by atoms with van der Waals surface area (Å²) in [7, 11) is 0. The number of aliphatic carboxylic acids is 2. The van der Waals surface area contributed by atoms with Crippen LogP contribution in [-0.4, -0.2) is 46.0 Å². The zero-order chi connectivity index (χ0) is 17.1. The van der Waals surface area contributed by atoms with Crippen LogP contribution in [0.25, 0.3) is 0 Å². The van der Waals surface area contributed by atoms with Crippen LogP contribution < -0.4 is 10.6 Å². The second kappa shape index (κ2) is 10.6. The summed E-state index contributed by atoms with van der Waals surface area (Å²) >= 11 is 0. The molecule has 2 unspecified atom stereocenters. The average Bonchev–Trinajstić information content (AvgIpc) is 2.42. The maximum Gasteiger partial charge on any atom is 0.325 e. The van der Waals surface area contributed by atoms with Gasteiger partial charge in [-0.05, 0) is 26.7 Å². The molecule has 0 rings (SSSR count). The van der Waals surface area contributed by atoms with Crippen molar-refractivity contribution in [3.05, 3.63) is 0 Å². The molecule has 0 spiro atoms. The smallest absolute Gasteiger partial charge is 0.325 e. The second-order valence-electron chi connectivity index (χ2n) is 5.17. The number of hydrogen-bond donors (Lipinski definition) is 4. The zero-order valence-corrected chi connectivity index (χ0v) is 12.9. The van der Waals surface area contributed by atoms with Gasteiger partial charge in [0.15, 0.2) is 0 Å². The van der Waals surface area contributed by atoms with Crippen molar-refractivity contribution in [3.63, 3.8) is 0 Å². The Morgan fingerprint density at radius 1 is 0.727 bits per heavy atom. The van der Waals surface area contributed by atoms with Gasteiger partial charge in [-0.15, -0.1) is 0 Å². The molecule has 22 heavy (non-hydrogen) atoms. The third kappa shape index (κ3) is 9.73. The molecule has 8 heteroatoms. The van der Waals surface area contributed by atoms with Crippen molar-refractivity contribution >= 4 is 23.8 Å². The zero-order valence-electron chi connectivity index (χ0n) is 12.9. The Balaban J connectivity index is 3.62. The Morgan fingerprint density at radius 3 is 1.32 bits per heavy atom. The first-order chi connectivity index (χ1) is 10.2. The normalized spacial score (nSPS) is 13.0. The lowest BCUT2D eigenvalue weighted by Crippen LogP contribution is -2.38. The monoisotopic (exact) mass is 316 g/mol. The molecule has 126 valence electrons. The molecule has 0 heterocycles. The van der Waals surface area contributed by atoms with Gasteiger partial charge in [-0.25, -0.2) is 0 Å². The van der Waals surface area contributed by atoms with Crippen molar-refractivity contribution in [1.82, 2.24) is 10.6 Å². The van der Waals surface area contributed by atoms with E-state index in [2.05, 4.69) is 10.6 Å². The summed E-state index contributed by atoms with van der Waals surface area (Å²) in [5, 5.41) is 22.0. The van der Waals surface area contributed by atoms with Crippen molar-refractivity contribution < 1.29 is 29.4 Å². The van der Waals surface area contributed by atoms with Gasteiger partial charge in [0.1, 0.15) is 12.1 Å². The number of carboxylic acid groups (broad SMARTS) is 2. The molecule has 0 radical (unpaired) electrons. The Bertz CT molecular complexity index is 372. The van der Waals surface area contributed by atoms with Gasteiger partial charge in [0, 0.05) is 12.8 Å². The van der Waals surface area contributed by atoms with E-state index in [-0.39, 0.29) is 24.7 Å². The quantitative estimate of drug-likeness (QED) is 0.410. The highest BCUT2D eigenvalue weighted by molar-refractivity contribution is 5.83. The van der Waals surface area contributed by atoms with Crippen LogP contribution in [0.15, 0.2) is 0 Å². The lowest BCUT2D eigenvalue weighted by atomic mass is 10.1. The Morgan fingerprint density at radius 2 is 1.05 bits per heavy atom. The van der Waals surface area contributed by atoms with E-state index < -0.39 is 24.0 Å². The van der Waals surface area contributed by atoms with Gasteiger partial charge in [0.25, 0.3) is 0 Å². The summed E-state index contributed by atoms with van der Waals surface area (Å²) in [6.45, 7) is 2.80. The minimum atomic E-state index is -1.07. The highest BCUT2D eigenvalue weighted by Crippen LogP contribution is 2.06. The van der Waals surface area contributed by atoms with Gasteiger partial charge in [0.05, 0.1) is 0 Å². The standard InChI is InChI=1S/C14H24N2O6/c1-9(13(19)20)15-11(17)7-5-3-4-6-8-12(18)16-10(2)14(21)22/h9-10H,3-8H2,1-2H3,(H,15,17)(H,16,18)(H,19,20)(H,21,22). The van der Waals surface area contributed by atoms with E-state index in [0.29, 0.717) is 12.8 Å². The third-order valence-electron chi connectivity index (χ3n) is 3.05. The van der Waals surface area contributed by atoms with Crippen LogP contribution in [0.1, 0.15) is 52.4 Å². The van der Waals surface area contributed by atoms with Gasteiger partial charge >= 0.3 is 11.9 Å². The van der Waals surface area contributed by atoms with E-state index in [1.807, 2.05) is 0 Å². The third-order valence-corrected chi connectivity index (χ3v) is 3.05. The van der Waals surface area contributed by atoms with E-state index >= 15 is 0 Å². The number of hydrogen-bond acceptors (Lipinski definition) is 4. The fraction of sp³-hybridized carbons (Fsp3) is 0.714. The molecular formula is C14H24N2O6. The summed E-state index contributed by atoms with van der Waals surface area (Å²) < 4.78 is 0. The van der Waals surface area contributed by atoms with Crippen LogP contribution in [0.2, 0.25) is 0 Å². The van der Waals surface area contributed by atoms with Gasteiger partial charge in [-0.3, -0.25) is 19.2 Å². The van der Waals surface area contributed by atoms with Crippen LogP contribution >= 0.6 is 0 Å². The van der Waals surface area contributed by atoms with E-state index in [1.54, 1.807) is 0 Å². The van der Waals surface area contributed by atoms with Gasteiger partial charge in [-0.2, -0.15) is 0 Å². The predicted molar refractivity (Wildman–Crippen MR) is 78.2 cm³/mol. The van der Waals surface area contributed by atoms with Crippen LogP contribution in [0.5, 0.6) is 0 Å². The van der Waals surface area contributed by atoms with Crippen molar-refractivity contribution in [2.24, 2.45) is 0 Å². The van der Waals surface area contributed by atoms with Gasteiger partial charge in [0.2, 0.25) is 11.8 Å². The van der Waals surface area contributed by atoms with E-state index in [0.717, 1.165) is 12.8 Å². The summed E-state index contributed by atoms with van der Waals surface area (Å²) in [4.78, 5) is 43.9. The van der Waals surface area contributed by atoms with E-state index in [4.69, 9.17) is 10.2 Å². The van der Waals surface area contributed by atoms with Crippen LogP contribution in [0.3, 0.4) is 0 Å². The maximum atomic E-state index is 11.4. The Labute approximate surface area is 129 Å². The summed E-state index contributed by atoms with van der Waals surface area (Å²) in [6, 6.07) is -1.79. The van der Waals surface area contributed by atoms with Crippen molar-refractivity contribution in [1.29, 1.82) is 0 Å². The molecule has 0 fully saturated rings. The molecule has 0 aliphatic heterocycles. The van der Waals surface area contributed by atoms with Crippen molar-refractivity contribution in [2.75, 3.05) is 0 Å². The summed E-state index contributed by atoms with van der Waals surface area (Å²) in [5.41, 5.74) is 0. The highest BCUT2D eigenvalue weighted by Gasteiger charge is 2.14. The first-order valence-corrected chi connectivity index (χ1v) is 7.28. The average molecular weight is 316 g/mol. The molecule has 0 aromatic heterocycles. The number of unbranched alkanes of at least 4 members (excludes halogenated alkanes) is 3. The number of carbonyl (C=O) groups excluding carboxylic acids is 2. The summed E-state index contributed by atoms with van der Waals surface area (Å²) in [5.74, 6) is -2.75. The molecule has 0 aliphatic rings. The minimum Gasteiger partial charge on any atom is -0.480 e. The highest BCUT2D eigenvalue weighted by atomic mass is 16.4. The molecule has 0 aliphatic carbocycles. The van der Waals surface area contributed by atoms with Crippen LogP contribution in [-0.2, 0) is 19.2 Å². The minimum absolute atomic E-state index is 0.250. The fourth-order valence-corrected chi connectivity index (χ4v) is 1.68. The number of carboxylic acids is 2. The largest absolute Gasteiger partial charge is 0.480 e. The SMILES string of the molecule is CC(NC(=O)CCCCCCC(=O)NC(C)C(=O)O)C(=O)O. The molecule has 2 amide bonds. The second-order valence-corrected chi connectivity index (χ2v) is 5.17. The van der Waals surface area contributed by atoms with E-state index in [1.165, 1.54) is 13.8 Å². The predicted octanol–water partition coefficient (Wildman–Crippen LogP) is 0.506. The molecule has 2 atom stereocenters. The molecule has 0 aromatic rings. The molecule has 0 aromatic carbocycles.